The number of hydrogen-bond acceptors (Lipinski definition) is 2. The summed E-state index contributed by atoms with van der Waals surface area (Å²) in [5.41, 5.74) is 1.08. The highest BCUT2D eigenvalue weighted by Gasteiger charge is 2.10. The first-order valence-corrected chi connectivity index (χ1v) is 7.18. The number of halogens is 2. The lowest BCUT2D eigenvalue weighted by molar-refractivity contribution is -0.00552. The average Bonchev–Trinajstić information content (AvgIpc) is 2.29. The summed E-state index contributed by atoms with van der Waals surface area (Å²) in [5.74, 6) is 0. The summed E-state index contributed by atoms with van der Waals surface area (Å²) in [6.07, 6.45) is 0.261. The van der Waals surface area contributed by atoms with Gasteiger partial charge in [0, 0.05) is 10.4 Å². The van der Waals surface area contributed by atoms with Gasteiger partial charge in [0.1, 0.15) is 0 Å². The lowest BCUT2D eigenvalue weighted by Crippen LogP contribution is -2.13. The smallest absolute Gasteiger partial charge is 0.0923 e. The summed E-state index contributed by atoms with van der Waals surface area (Å²) in [7, 11) is 0. The van der Waals surface area contributed by atoms with Gasteiger partial charge in [0.05, 0.1) is 25.4 Å². The van der Waals surface area contributed by atoms with Crippen molar-refractivity contribution in [1.29, 1.82) is 0 Å². The zero-order valence-corrected chi connectivity index (χ0v) is 12.5. The first kappa shape index (κ1) is 15.0. The molecule has 17 heavy (non-hydrogen) atoms. The molecule has 0 N–H and O–H groups in total. The van der Waals surface area contributed by atoms with Crippen LogP contribution in [0.15, 0.2) is 24.3 Å². The van der Waals surface area contributed by atoms with Gasteiger partial charge in [-0.2, -0.15) is 0 Å². The molecule has 1 unspecified atom stereocenters. The molecule has 1 rings (SSSR count). The van der Waals surface area contributed by atoms with Crippen molar-refractivity contribution < 1.29 is 9.47 Å². The Morgan fingerprint density at radius 1 is 1.24 bits per heavy atom. The van der Waals surface area contributed by atoms with Gasteiger partial charge in [-0.3, -0.25) is 0 Å². The van der Waals surface area contributed by atoms with E-state index in [2.05, 4.69) is 15.9 Å². The molecule has 0 fully saturated rings. The Kier molecular flexibility index (Phi) is 7.12. The van der Waals surface area contributed by atoms with Crippen LogP contribution < -0.4 is 0 Å². The minimum atomic E-state index is 0.0180. The predicted molar refractivity (Wildman–Crippen MR) is 75.0 cm³/mol. The first-order valence-electron chi connectivity index (χ1n) is 5.68. The molecular formula is C13H18BrClO2. The molecule has 1 aromatic rings. The highest BCUT2D eigenvalue weighted by Crippen LogP contribution is 2.22. The second kappa shape index (κ2) is 8.09. The minimum Gasteiger partial charge on any atom is -0.376 e. The molecule has 0 radical (unpaired) electrons. The normalized spacial score (nSPS) is 13.0. The lowest BCUT2D eigenvalue weighted by Gasteiger charge is -2.16. The molecular weight excluding hydrogens is 303 g/mol. The maximum absolute atomic E-state index is 5.95. The van der Waals surface area contributed by atoms with E-state index in [4.69, 9.17) is 21.1 Å². The minimum absolute atomic E-state index is 0.0180. The number of hydrogen-bond donors (Lipinski definition) is 0. The SMILES string of the molecule is CC(C)OCCOC(CBr)c1cccc(Cl)c1. The van der Waals surface area contributed by atoms with Gasteiger partial charge < -0.3 is 9.47 Å². The van der Waals surface area contributed by atoms with Crippen LogP contribution in [0.5, 0.6) is 0 Å². The molecule has 2 nitrogen and oxygen atoms in total. The van der Waals surface area contributed by atoms with Crippen LogP contribution in [0.4, 0.5) is 0 Å². The summed E-state index contributed by atoms with van der Waals surface area (Å²) in [6.45, 7) is 5.22. The third-order valence-corrected chi connectivity index (χ3v) is 3.04. The topological polar surface area (TPSA) is 18.5 Å². The molecule has 0 aliphatic heterocycles. The summed E-state index contributed by atoms with van der Waals surface area (Å²) >= 11 is 9.40. The molecule has 0 aromatic heterocycles. The fraction of sp³-hybridized carbons (Fsp3) is 0.538. The van der Waals surface area contributed by atoms with Crippen LogP contribution in [-0.4, -0.2) is 24.6 Å². The van der Waals surface area contributed by atoms with E-state index in [9.17, 15) is 0 Å². The van der Waals surface area contributed by atoms with Gasteiger partial charge in [-0.25, -0.2) is 0 Å². The molecule has 1 aromatic carbocycles. The van der Waals surface area contributed by atoms with Crippen LogP contribution in [-0.2, 0) is 9.47 Å². The van der Waals surface area contributed by atoms with E-state index in [1.807, 2.05) is 38.1 Å². The van der Waals surface area contributed by atoms with E-state index in [0.717, 1.165) is 15.9 Å². The molecule has 4 heteroatoms. The Hall–Kier alpha value is -0.0900. The second-order valence-corrected chi connectivity index (χ2v) is 5.07. The zero-order valence-electron chi connectivity index (χ0n) is 10.2. The van der Waals surface area contributed by atoms with E-state index in [0.29, 0.717) is 13.2 Å². The monoisotopic (exact) mass is 320 g/mol. The molecule has 0 amide bonds. The lowest BCUT2D eigenvalue weighted by atomic mass is 10.1. The number of benzene rings is 1. The Balaban J connectivity index is 2.43. The van der Waals surface area contributed by atoms with Crippen molar-refractivity contribution >= 4 is 27.5 Å². The standard InChI is InChI=1S/C13H18BrClO2/c1-10(2)16-6-7-17-13(9-14)11-4-3-5-12(15)8-11/h3-5,8,10,13H,6-7,9H2,1-2H3. The molecule has 0 saturated carbocycles. The fourth-order valence-corrected chi connectivity index (χ4v) is 2.17. The zero-order chi connectivity index (χ0) is 12.7. The van der Waals surface area contributed by atoms with Crippen molar-refractivity contribution in [3.8, 4) is 0 Å². The molecule has 0 aliphatic carbocycles. The highest BCUT2D eigenvalue weighted by atomic mass is 79.9. The third-order valence-electron chi connectivity index (χ3n) is 2.21. The first-order chi connectivity index (χ1) is 8.13. The van der Waals surface area contributed by atoms with Crippen LogP contribution in [0.2, 0.25) is 5.02 Å². The van der Waals surface area contributed by atoms with Gasteiger partial charge in [-0.15, -0.1) is 0 Å². The number of alkyl halides is 1. The molecule has 0 heterocycles. The summed E-state index contributed by atoms with van der Waals surface area (Å²) in [6, 6.07) is 7.73. The van der Waals surface area contributed by atoms with Crippen molar-refractivity contribution in [2.24, 2.45) is 0 Å². The van der Waals surface area contributed by atoms with Crippen molar-refractivity contribution in [2.75, 3.05) is 18.5 Å². The molecule has 0 saturated heterocycles. The van der Waals surface area contributed by atoms with E-state index < -0.39 is 0 Å². The number of rotatable bonds is 7. The Bertz CT molecular complexity index is 331. The molecule has 1 atom stereocenters. The van der Waals surface area contributed by atoms with E-state index in [1.54, 1.807) is 0 Å². The van der Waals surface area contributed by atoms with E-state index in [1.165, 1.54) is 0 Å². The maximum atomic E-state index is 5.95. The van der Waals surface area contributed by atoms with Crippen molar-refractivity contribution in [2.45, 2.75) is 26.1 Å². The number of ether oxygens (including phenoxy) is 2. The Labute approximate surface area is 116 Å². The average molecular weight is 322 g/mol. The predicted octanol–water partition coefficient (Wildman–Crippen LogP) is 4.22. The van der Waals surface area contributed by atoms with Gasteiger partial charge in [0.25, 0.3) is 0 Å². The quantitative estimate of drug-likeness (QED) is 0.553. The highest BCUT2D eigenvalue weighted by molar-refractivity contribution is 9.09. The van der Waals surface area contributed by atoms with Crippen molar-refractivity contribution in [1.82, 2.24) is 0 Å². The van der Waals surface area contributed by atoms with Crippen molar-refractivity contribution in [3.63, 3.8) is 0 Å². The fourth-order valence-electron chi connectivity index (χ4n) is 1.41. The van der Waals surface area contributed by atoms with Gasteiger partial charge >= 0.3 is 0 Å². The largest absolute Gasteiger partial charge is 0.376 e. The Morgan fingerprint density at radius 2 is 1.94 bits per heavy atom. The van der Waals surface area contributed by atoms with Gasteiger partial charge in [-0.1, -0.05) is 39.7 Å². The molecule has 0 bridgehead atoms. The van der Waals surface area contributed by atoms with E-state index in [-0.39, 0.29) is 12.2 Å². The Morgan fingerprint density at radius 3 is 2.53 bits per heavy atom. The van der Waals surface area contributed by atoms with E-state index >= 15 is 0 Å². The van der Waals surface area contributed by atoms with Crippen LogP contribution in [0.25, 0.3) is 0 Å². The molecule has 0 aliphatic rings. The molecule has 96 valence electrons. The maximum Gasteiger partial charge on any atom is 0.0923 e. The van der Waals surface area contributed by atoms with Gasteiger partial charge in [-0.05, 0) is 31.5 Å². The van der Waals surface area contributed by atoms with Crippen LogP contribution in [0.3, 0.4) is 0 Å². The van der Waals surface area contributed by atoms with Crippen LogP contribution >= 0.6 is 27.5 Å². The van der Waals surface area contributed by atoms with Gasteiger partial charge in [0.15, 0.2) is 0 Å². The molecule has 0 spiro atoms. The summed E-state index contributed by atoms with van der Waals surface area (Å²) in [4.78, 5) is 0. The summed E-state index contributed by atoms with van der Waals surface area (Å²) in [5, 5.41) is 1.48. The van der Waals surface area contributed by atoms with Crippen molar-refractivity contribution in [3.05, 3.63) is 34.9 Å². The van der Waals surface area contributed by atoms with Gasteiger partial charge in [0.2, 0.25) is 0 Å². The van der Waals surface area contributed by atoms with Crippen LogP contribution in [0, 0.1) is 0 Å². The van der Waals surface area contributed by atoms with Crippen LogP contribution in [0.1, 0.15) is 25.5 Å². The second-order valence-electron chi connectivity index (χ2n) is 3.99. The summed E-state index contributed by atoms with van der Waals surface area (Å²) < 4.78 is 11.2. The third kappa shape index (κ3) is 5.87.